The van der Waals surface area contributed by atoms with Crippen molar-refractivity contribution >= 4 is 11.6 Å². The number of alkyl halides is 1. The maximum absolute atomic E-state index is 13.2. The van der Waals surface area contributed by atoms with E-state index in [0.717, 1.165) is 30.8 Å². The van der Waals surface area contributed by atoms with Crippen molar-refractivity contribution < 1.29 is 9.13 Å². The molecule has 0 aromatic heterocycles. The summed E-state index contributed by atoms with van der Waals surface area (Å²) >= 11 is 5.92. The lowest BCUT2D eigenvalue weighted by Gasteiger charge is -2.34. The average molecular weight is 258 g/mol. The van der Waals surface area contributed by atoms with E-state index in [-0.39, 0.29) is 11.9 Å². The standard InChI is InChI=1S/C13H17ClFNO/c1-10-2-3-12(15)6-11(10)8-16-4-5-17-9-13(16)7-14/h2-3,6,13H,4-5,7-9H2,1H3. The number of halogens is 2. The van der Waals surface area contributed by atoms with Crippen LogP contribution in [0.4, 0.5) is 4.39 Å². The lowest BCUT2D eigenvalue weighted by atomic mass is 10.1. The molecule has 0 radical (unpaired) electrons. The van der Waals surface area contributed by atoms with Crippen LogP contribution in [0.1, 0.15) is 11.1 Å². The number of rotatable bonds is 3. The number of aryl methyl sites for hydroxylation is 1. The van der Waals surface area contributed by atoms with Crippen molar-refractivity contribution in [3.63, 3.8) is 0 Å². The van der Waals surface area contributed by atoms with Gasteiger partial charge in [0.25, 0.3) is 0 Å². The first-order valence-electron chi connectivity index (χ1n) is 5.83. The lowest BCUT2D eigenvalue weighted by molar-refractivity contribution is -0.00315. The van der Waals surface area contributed by atoms with E-state index in [2.05, 4.69) is 4.90 Å². The first-order chi connectivity index (χ1) is 8.20. The summed E-state index contributed by atoms with van der Waals surface area (Å²) in [5.74, 6) is 0.371. The molecule has 1 fully saturated rings. The van der Waals surface area contributed by atoms with E-state index in [0.29, 0.717) is 12.5 Å². The summed E-state index contributed by atoms with van der Waals surface area (Å²) in [6, 6.07) is 5.15. The van der Waals surface area contributed by atoms with Crippen LogP contribution in [0, 0.1) is 12.7 Å². The van der Waals surface area contributed by atoms with Crippen molar-refractivity contribution in [2.24, 2.45) is 0 Å². The maximum atomic E-state index is 13.2. The average Bonchev–Trinajstić information content (AvgIpc) is 2.34. The number of hydrogen-bond donors (Lipinski definition) is 0. The zero-order valence-corrected chi connectivity index (χ0v) is 10.7. The Kier molecular flexibility index (Phi) is 4.37. The summed E-state index contributed by atoms with van der Waals surface area (Å²) < 4.78 is 18.6. The fraction of sp³-hybridized carbons (Fsp3) is 0.538. The Morgan fingerprint density at radius 1 is 1.53 bits per heavy atom. The van der Waals surface area contributed by atoms with Gasteiger partial charge in [0.1, 0.15) is 5.82 Å². The molecule has 0 spiro atoms. The largest absolute Gasteiger partial charge is 0.378 e. The van der Waals surface area contributed by atoms with Crippen LogP contribution in [0.5, 0.6) is 0 Å². The Balaban J connectivity index is 2.10. The van der Waals surface area contributed by atoms with Gasteiger partial charge in [0.05, 0.1) is 13.2 Å². The molecule has 4 heteroatoms. The Morgan fingerprint density at radius 3 is 3.12 bits per heavy atom. The molecular weight excluding hydrogens is 241 g/mol. The van der Waals surface area contributed by atoms with Crippen molar-refractivity contribution in [2.45, 2.75) is 19.5 Å². The minimum absolute atomic E-state index is 0.179. The maximum Gasteiger partial charge on any atom is 0.123 e. The van der Waals surface area contributed by atoms with Gasteiger partial charge in [-0.05, 0) is 30.2 Å². The van der Waals surface area contributed by atoms with Crippen LogP contribution >= 0.6 is 11.6 Å². The fourth-order valence-electron chi connectivity index (χ4n) is 2.07. The highest BCUT2D eigenvalue weighted by Crippen LogP contribution is 2.17. The molecule has 0 aliphatic carbocycles. The molecule has 2 rings (SSSR count). The van der Waals surface area contributed by atoms with E-state index < -0.39 is 0 Å². The van der Waals surface area contributed by atoms with Crippen LogP contribution in [-0.4, -0.2) is 36.6 Å². The van der Waals surface area contributed by atoms with Crippen LogP contribution < -0.4 is 0 Å². The third-order valence-corrected chi connectivity index (χ3v) is 3.57. The van der Waals surface area contributed by atoms with Crippen molar-refractivity contribution in [3.05, 3.63) is 35.1 Å². The van der Waals surface area contributed by atoms with Crippen molar-refractivity contribution in [3.8, 4) is 0 Å². The topological polar surface area (TPSA) is 12.5 Å². The highest BCUT2D eigenvalue weighted by molar-refractivity contribution is 6.18. The summed E-state index contributed by atoms with van der Waals surface area (Å²) in [6.07, 6.45) is 0. The molecule has 0 saturated carbocycles. The van der Waals surface area contributed by atoms with Crippen molar-refractivity contribution in [1.82, 2.24) is 4.90 Å². The lowest BCUT2D eigenvalue weighted by Crippen LogP contribution is -2.46. The molecule has 17 heavy (non-hydrogen) atoms. The Labute approximate surface area is 106 Å². The number of hydrogen-bond acceptors (Lipinski definition) is 2. The molecule has 0 bridgehead atoms. The minimum Gasteiger partial charge on any atom is -0.378 e. The predicted octanol–water partition coefficient (Wildman–Crippen LogP) is 2.57. The number of nitrogens with zero attached hydrogens (tertiary/aromatic N) is 1. The third-order valence-electron chi connectivity index (χ3n) is 3.21. The van der Waals surface area contributed by atoms with Gasteiger partial charge in [0, 0.05) is 25.0 Å². The van der Waals surface area contributed by atoms with E-state index in [1.165, 1.54) is 6.07 Å². The van der Waals surface area contributed by atoms with Gasteiger partial charge < -0.3 is 4.74 Å². The molecule has 0 amide bonds. The summed E-state index contributed by atoms with van der Waals surface area (Å²) in [5, 5.41) is 0. The third kappa shape index (κ3) is 3.18. The second-order valence-electron chi connectivity index (χ2n) is 4.42. The molecular formula is C13H17ClFNO. The number of benzene rings is 1. The van der Waals surface area contributed by atoms with Crippen LogP contribution in [0.3, 0.4) is 0 Å². The fourth-order valence-corrected chi connectivity index (χ4v) is 2.35. The summed E-state index contributed by atoms with van der Waals surface area (Å²) in [6.45, 7) is 4.99. The Bertz CT molecular complexity index is 386. The van der Waals surface area contributed by atoms with E-state index >= 15 is 0 Å². The van der Waals surface area contributed by atoms with E-state index in [1.807, 2.05) is 13.0 Å². The second kappa shape index (κ2) is 5.80. The van der Waals surface area contributed by atoms with E-state index in [4.69, 9.17) is 16.3 Å². The molecule has 1 aliphatic rings. The second-order valence-corrected chi connectivity index (χ2v) is 4.73. The number of morpholine rings is 1. The van der Waals surface area contributed by atoms with Crippen LogP contribution in [-0.2, 0) is 11.3 Å². The van der Waals surface area contributed by atoms with E-state index in [9.17, 15) is 4.39 Å². The van der Waals surface area contributed by atoms with Gasteiger partial charge in [0.2, 0.25) is 0 Å². The van der Waals surface area contributed by atoms with Gasteiger partial charge in [-0.3, -0.25) is 4.90 Å². The highest BCUT2D eigenvalue weighted by atomic mass is 35.5. The van der Waals surface area contributed by atoms with Gasteiger partial charge in [-0.2, -0.15) is 0 Å². The molecule has 94 valence electrons. The molecule has 1 saturated heterocycles. The molecule has 1 atom stereocenters. The Hall–Kier alpha value is -0.640. The minimum atomic E-state index is -0.179. The Morgan fingerprint density at radius 2 is 2.35 bits per heavy atom. The van der Waals surface area contributed by atoms with Crippen LogP contribution in [0.15, 0.2) is 18.2 Å². The molecule has 2 nitrogen and oxygen atoms in total. The SMILES string of the molecule is Cc1ccc(F)cc1CN1CCOCC1CCl. The summed E-state index contributed by atoms with van der Waals surface area (Å²) in [5.41, 5.74) is 2.15. The van der Waals surface area contributed by atoms with Gasteiger partial charge in [-0.1, -0.05) is 6.07 Å². The molecule has 1 aromatic carbocycles. The molecule has 1 aromatic rings. The van der Waals surface area contributed by atoms with Crippen molar-refractivity contribution in [1.29, 1.82) is 0 Å². The van der Waals surface area contributed by atoms with E-state index in [1.54, 1.807) is 6.07 Å². The first kappa shape index (κ1) is 12.8. The molecule has 1 unspecified atom stereocenters. The van der Waals surface area contributed by atoms with Gasteiger partial charge in [-0.15, -0.1) is 11.6 Å². The van der Waals surface area contributed by atoms with Gasteiger partial charge >= 0.3 is 0 Å². The first-order valence-corrected chi connectivity index (χ1v) is 6.37. The molecule has 1 heterocycles. The quantitative estimate of drug-likeness (QED) is 0.772. The highest BCUT2D eigenvalue weighted by Gasteiger charge is 2.22. The molecule has 1 aliphatic heterocycles. The van der Waals surface area contributed by atoms with Crippen molar-refractivity contribution in [2.75, 3.05) is 25.6 Å². The van der Waals surface area contributed by atoms with Crippen LogP contribution in [0.25, 0.3) is 0 Å². The summed E-state index contributed by atoms with van der Waals surface area (Å²) in [4.78, 5) is 2.26. The monoisotopic (exact) mass is 257 g/mol. The zero-order chi connectivity index (χ0) is 12.3. The molecule has 0 N–H and O–H groups in total. The smallest absolute Gasteiger partial charge is 0.123 e. The summed E-state index contributed by atoms with van der Waals surface area (Å²) in [7, 11) is 0. The zero-order valence-electron chi connectivity index (χ0n) is 9.96. The van der Waals surface area contributed by atoms with Crippen LogP contribution in [0.2, 0.25) is 0 Å². The van der Waals surface area contributed by atoms with Gasteiger partial charge in [0.15, 0.2) is 0 Å². The predicted molar refractivity (Wildman–Crippen MR) is 66.9 cm³/mol. The van der Waals surface area contributed by atoms with Gasteiger partial charge in [-0.25, -0.2) is 4.39 Å². The number of ether oxygens (including phenoxy) is 1. The normalized spacial score (nSPS) is 21.7.